The largest absolute Gasteiger partial charge is 0.450 e. The average Bonchev–Trinajstić information content (AvgIpc) is 2.52. The summed E-state index contributed by atoms with van der Waals surface area (Å²) < 4.78 is 31.8. The summed E-state index contributed by atoms with van der Waals surface area (Å²) in [6.07, 6.45) is 0.0597. The van der Waals surface area contributed by atoms with Crippen LogP contribution in [0.4, 0.5) is 0 Å². The van der Waals surface area contributed by atoms with Gasteiger partial charge in [0.15, 0.2) is 5.25 Å². The zero-order valence-corrected chi connectivity index (χ0v) is 11.2. The Hall–Kier alpha value is -1.39. The number of esters is 1. The molecular formula is C11H14O6S. The second kappa shape index (κ2) is 5.08. The third-order valence-corrected chi connectivity index (χ3v) is 3.60. The van der Waals surface area contributed by atoms with E-state index in [4.69, 9.17) is 4.74 Å². The Morgan fingerprint density at radius 2 is 1.89 bits per heavy atom. The summed E-state index contributed by atoms with van der Waals surface area (Å²) in [4.78, 5) is 22.7. The summed E-state index contributed by atoms with van der Waals surface area (Å²) in [5.41, 5.74) is -0.711. The molecule has 1 aliphatic rings. The van der Waals surface area contributed by atoms with Crippen LogP contribution in [0.3, 0.4) is 0 Å². The van der Waals surface area contributed by atoms with Crippen molar-refractivity contribution in [3.63, 3.8) is 0 Å². The number of carbonyl (C=O) groups excluding carboxylic acids is 2. The van der Waals surface area contributed by atoms with Gasteiger partial charge in [0.1, 0.15) is 5.60 Å². The monoisotopic (exact) mass is 274 g/mol. The predicted octanol–water partition coefficient (Wildman–Crippen LogP) is 0.0193. The van der Waals surface area contributed by atoms with Gasteiger partial charge in [0, 0.05) is 5.92 Å². The van der Waals surface area contributed by atoms with Crippen LogP contribution in [0.15, 0.2) is 0 Å². The Labute approximate surface area is 106 Å². The molecular weight excluding hydrogens is 260 g/mol. The molecule has 1 saturated heterocycles. The maximum Gasteiger partial charge on any atom is 0.385 e. The molecule has 0 radical (unpaired) electrons. The van der Waals surface area contributed by atoms with Crippen LogP contribution >= 0.6 is 0 Å². The van der Waals surface area contributed by atoms with Crippen LogP contribution in [0.2, 0.25) is 0 Å². The fourth-order valence-corrected chi connectivity index (χ4v) is 2.46. The van der Waals surface area contributed by atoms with Crippen molar-refractivity contribution >= 4 is 21.9 Å². The quantitative estimate of drug-likeness (QED) is 0.220. The average molecular weight is 274 g/mol. The van der Waals surface area contributed by atoms with Gasteiger partial charge in [0.05, 0.1) is 6.61 Å². The first-order chi connectivity index (χ1) is 8.12. The summed E-state index contributed by atoms with van der Waals surface area (Å²) in [5.74, 6) is 2.24. The van der Waals surface area contributed by atoms with Gasteiger partial charge in [-0.05, 0) is 33.1 Å². The van der Waals surface area contributed by atoms with E-state index >= 15 is 0 Å². The highest BCUT2D eigenvalue weighted by Crippen LogP contribution is 2.17. The van der Waals surface area contributed by atoms with Crippen LogP contribution in [-0.2, 0) is 28.6 Å². The molecule has 1 unspecified atom stereocenters. The molecule has 0 bridgehead atoms. The lowest BCUT2D eigenvalue weighted by Crippen LogP contribution is -2.25. The Balaban J connectivity index is 2.70. The molecule has 0 aromatic heterocycles. The van der Waals surface area contributed by atoms with Gasteiger partial charge in [-0.3, -0.25) is 8.98 Å². The number of hydrogen-bond acceptors (Lipinski definition) is 6. The van der Waals surface area contributed by atoms with Crippen LogP contribution in [-0.4, -0.2) is 37.6 Å². The number of ketones is 1. The lowest BCUT2D eigenvalue weighted by atomic mass is 10.2. The molecule has 1 aliphatic heterocycles. The van der Waals surface area contributed by atoms with Gasteiger partial charge in [0.25, 0.3) is 10.1 Å². The molecule has 0 aliphatic carbocycles. The first kappa shape index (κ1) is 14.7. The number of Topliss-reactive ketones (excluding diaryl/α,β-unsaturated/α-hetero) is 1. The molecule has 0 spiro atoms. The predicted molar refractivity (Wildman–Crippen MR) is 61.9 cm³/mol. The number of rotatable bonds is 1. The Bertz CT molecular complexity index is 514. The molecule has 18 heavy (non-hydrogen) atoms. The van der Waals surface area contributed by atoms with Crippen molar-refractivity contribution in [2.24, 2.45) is 0 Å². The smallest absolute Gasteiger partial charge is 0.385 e. The van der Waals surface area contributed by atoms with Gasteiger partial charge in [0.2, 0.25) is 5.78 Å². The lowest BCUT2D eigenvalue weighted by molar-refractivity contribution is -0.147. The highest BCUT2D eigenvalue weighted by Gasteiger charge is 2.37. The Kier molecular flexibility index (Phi) is 4.14. The molecule has 1 fully saturated rings. The molecule has 7 heteroatoms. The minimum atomic E-state index is -3.87. The van der Waals surface area contributed by atoms with Gasteiger partial charge < -0.3 is 4.74 Å². The van der Waals surface area contributed by atoms with Crippen molar-refractivity contribution in [1.29, 1.82) is 0 Å². The molecule has 0 aromatic carbocycles. The molecule has 1 rings (SSSR count). The summed E-state index contributed by atoms with van der Waals surface area (Å²) in [5, 5.41) is -1.30. The van der Waals surface area contributed by atoms with E-state index in [1.807, 2.05) is 11.8 Å². The third-order valence-electron chi connectivity index (χ3n) is 1.96. The molecule has 6 nitrogen and oxygen atoms in total. The van der Waals surface area contributed by atoms with Crippen molar-refractivity contribution in [3.05, 3.63) is 0 Å². The van der Waals surface area contributed by atoms with Crippen LogP contribution in [0.5, 0.6) is 0 Å². The van der Waals surface area contributed by atoms with Gasteiger partial charge >= 0.3 is 5.97 Å². The van der Waals surface area contributed by atoms with Crippen molar-refractivity contribution in [2.75, 3.05) is 6.61 Å². The van der Waals surface area contributed by atoms with E-state index in [-0.39, 0.29) is 13.0 Å². The number of carbonyl (C=O) groups is 2. The zero-order chi connectivity index (χ0) is 14.0. The van der Waals surface area contributed by atoms with E-state index in [2.05, 4.69) is 4.18 Å². The molecule has 100 valence electrons. The van der Waals surface area contributed by atoms with Crippen LogP contribution < -0.4 is 0 Å². The first-order valence-electron chi connectivity index (χ1n) is 5.29. The maximum absolute atomic E-state index is 11.5. The van der Waals surface area contributed by atoms with Crippen LogP contribution in [0.25, 0.3) is 0 Å². The number of hydrogen-bond donors (Lipinski definition) is 0. The second-order valence-electron chi connectivity index (χ2n) is 4.71. The van der Waals surface area contributed by atoms with Crippen molar-refractivity contribution < 1.29 is 26.9 Å². The lowest BCUT2D eigenvalue weighted by Gasteiger charge is -2.16. The minimum Gasteiger partial charge on any atom is -0.450 e. The fourth-order valence-electron chi connectivity index (χ4n) is 1.26. The summed E-state index contributed by atoms with van der Waals surface area (Å²) in [6, 6.07) is 0. The van der Waals surface area contributed by atoms with Crippen LogP contribution in [0.1, 0.15) is 27.2 Å². The summed E-state index contributed by atoms with van der Waals surface area (Å²) in [6.45, 7) is 4.93. The normalized spacial score (nSPS) is 21.8. The molecule has 0 saturated carbocycles. The van der Waals surface area contributed by atoms with E-state index in [1.54, 1.807) is 20.8 Å². The van der Waals surface area contributed by atoms with E-state index in [1.165, 1.54) is 0 Å². The Morgan fingerprint density at radius 3 is 2.33 bits per heavy atom. The van der Waals surface area contributed by atoms with Gasteiger partial charge in [-0.15, -0.1) is 0 Å². The highest BCUT2D eigenvalue weighted by atomic mass is 32.2. The molecule has 1 heterocycles. The number of ether oxygens (including phenoxy) is 1. The highest BCUT2D eigenvalue weighted by molar-refractivity contribution is 7.88. The van der Waals surface area contributed by atoms with Gasteiger partial charge in [-0.2, -0.15) is 8.42 Å². The molecule has 0 aromatic rings. The van der Waals surface area contributed by atoms with Crippen molar-refractivity contribution in [2.45, 2.75) is 38.0 Å². The summed E-state index contributed by atoms with van der Waals surface area (Å²) >= 11 is 0. The van der Waals surface area contributed by atoms with Gasteiger partial charge in [-0.25, -0.2) is 4.79 Å². The maximum atomic E-state index is 11.5. The van der Waals surface area contributed by atoms with E-state index < -0.39 is 32.7 Å². The zero-order valence-electron chi connectivity index (χ0n) is 10.3. The van der Waals surface area contributed by atoms with E-state index in [0.717, 1.165) is 0 Å². The summed E-state index contributed by atoms with van der Waals surface area (Å²) in [7, 11) is -3.87. The van der Waals surface area contributed by atoms with Crippen LogP contribution in [0, 0.1) is 11.8 Å². The topological polar surface area (TPSA) is 86.7 Å². The van der Waals surface area contributed by atoms with E-state index in [9.17, 15) is 18.0 Å². The Morgan fingerprint density at radius 1 is 1.28 bits per heavy atom. The molecule has 0 amide bonds. The third kappa shape index (κ3) is 4.13. The van der Waals surface area contributed by atoms with Crippen molar-refractivity contribution in [1.82, 2.24) is 0 Å². The molecule has 1 atom stereocenters. The van der Waals surface area contributed by atoms with Gasteiger partial charge in [-0.1, -0.05) is 0 Å². The fraction of sp³-hybridized carbons (Fsp3) is 0.636. The molecule has 0 N–H and O–H groups in total. The SMILES string of the molecule is CC(C)(C)OC(=O)C#CC(=O)C1CCOS1(=O)=O. The second-order valence-corrected chi connectivity index (χ2v) is 6.50. The van der Waals surface area contributed by atoms with E-state index in [0.29, 0.717) is 0 Å². The minimum absolute atomic E-state index is 0.0349. The first-order valence-corrected chi connectivity index (χ1v) is 6.76. The van der Waals surface area contributed by atoms with Crippen molar-refractivity contribution in [3.8, 4) is 11.8 Å². The standard InChI is InChI=1S/C11H14O6S/c1-11(2,3)17-10(13)5-4-8(12)9-6-7-16-18(9,14)15/h9H,6-7H2,1-3H3.